The Bertz CT molecular complexity index is 557. The molecule has 0 aliphatic carbocycles. The first kappa shape index (κ1) is 13.3. The predicted octanol–water partition coefficient (Wildman–Crippen LogP) is 4.46. The van der Waals surface area contributed by atoms with E-state index in [4.69, 9.17) is 0 Å². The van der Waals surface area contributed by atoms with E-state index in [0.29, 0.717) is 0 Å². The molecule has 0 aliphatic heterocycles. The third-order valence-electron chi connectivity index (χ3n) is 3.21. The quantitative estimate of drug-likeness (QED) is 0.772. The number of rotatable bonds is 5. The van der Waals surface area contributed by atoms with Gasteiger partial charge in [-0.1, -0.05) is 42.5 Å². The molecule has 0 saturated carbocycles. The Morgan fingerprint density at radius 2 is 1.84 bits per heavy atom. The van der Waals surface area contributed by atoms with Gasteiger partial charge in [-0.2, -0.15) is 5.26 Å². The second-order valence-electron chi connectivity index (χ2n) is 4.61. The summed E-state index contributed by atoms with van der Waals surface area (Å²) < 4.78 is 13.1. The second-order valence-corrected chi connectivity index (χ2v) is 4.61. The number of nitrogens with zero attached hydrogens (tertiary/aromatic N) is 1. The van der Waals surface area contributed by atoms with Crippen LogP contribution in [0.1, 0.15) is 29.9 Å². The van der Waals surface area contributed by atoms with E-state index in [1.165, 1.54) is 17.7 Å². The molecule has 0 aliphatic rings. The summed E-state index contributed by atoms with van der Waals surface area (Å²) in [6, 6.07) is 18.8. The molecule has 1 nitrogen and oxygen atoms in total. The summed E-state index contributed by atoms with van der Waals surface area (Å²) in [6.45, 7) is 0. The Kier molecular flexibility index (Phi) is 4.69. The second kappa shape index (κ2) is 6.70. The zero-order valence-corrected chi connectivity index (χ0v) is 10.7. The number of nitriles is 1. The monoisotopic (exact) mass is 253 g/mol. The van der Waals surface area contributed by atoms with Gasteiger partial charge in [0.25, 0.3) is 0 Å². The summed E-state index contributed by atoms with van der Waals surface area (Å²) in [7, 11) is 0. The van der Waals surface area contributed by atoms with Crippen molar-refractivity contribution in [2.75, 3.05) is 0 Å². The first-order valence-electron chi connectivity index (χ1n) is 6.48. The summed E-state index contributed by atoms with van der Waals surface area (Å²) in [4.78, 5) is 0. The molecule has 2 heteroatoms. The van der Waals surface area contributed by atoms with Crippen molar-refractivity contribution in [1.82, 2.24) is 0 Å². The van der Waals surface area contributed by atoms with Gasteiger partial charge in [0.1, 0.15) is 5.82 Å². The number of benzene rings is 2. The minimum Gasteiger partial charge on any atom is -0.207 e. The highest BCUT2D eigenvalue weighted by atomic mass is 19.1. The average molecular weight is 253 g/mol. The normalized spacial score (nSPS) is 11.8. The van der Waals surface area contributed by atoms with Crippen molar-refractivity contribution in [2.45, 2.75) is 25.2 Å². The molecule has 96 valence electrons. The zero-order valence-electron chi connectivity index (χ0n) is 10.7. The average Bonchev–Trinajstić information content (AvgIpc) is 2.45. The standard InChI is InChI=1S/C17H16FN/c18-17-11-5-9-15(12-17)16(13-19)10-4-8-14-6-2-1-3-7-14/h1-3,5-7,9,11-12,16H,4,8,10H2. The maximum Gasteiger partial charge on any atom is 0.123 e. The van der Waals surface area contributed by atoms with Gasteiger partial charge in [0, 0.05) is 0 Å². The third kappa shape index (κ3) is 3.93. The van der Waals surface area contributed by atoms with Crippen LogP contribution < -0.4 is 0 Å². The minimum atomic E-state index is -0.277. The predicted molar refractivity (Wildman–Crippen MR) is 74.1 cm³/mol. The highest BCUT2D eigenvalue weighted by Gasteiger charge is 2.10. The van der Waals surface area contributed by atoms with Gasteiger partial charge >= 0.3 is 0 Å². The number of hydrogen-bond acceptors (Lipinski definition) is 1. The van der Waals surface area contributed by atoms with Crippen molar-refractivity contribution in [1.29, 1.82) is 5.26 Å². The fourth-order valence-electron chi connectivity index (χ4n) is 2.18. The van der Waals surface area contributed by atoms with Gasteiger partial charge in [-0.05, 0) is 42.5 Å². The number of halogens is 1. The maximum absolute atomic E-state index is 13.1. The molecule has 0 fully saturated rings. The first-order valence-corrected chi connectivity index (χ1v) is 6.48. The molecule has 19 heavy (non-hydrogen) atoms. The lowest BCUT2D eigenvalue weighted by atomic mass is 9.94. The fraction of sp³-hybridized carbons (Fsp3) is 0.235. The lowest BCUT2D eigenvalue weighted by Crippen LogP contribution is -1.98. The molecule has 0 saturated heterocycles. The van der Waals surface area contributed by atoms with Gasteiger partial charge < -0.3 is 0 Å². The molecule has 2 aromatic rings. The largest absolute Gasteiger partial charge is 0.207 e. The SMILES string of the molecule is N#CC(CCCc1ccccc1)c1cccc(F)c1. The van der Waals surface area contributed by atoms with Gasteiger partial charge in [0.05, 0.1) is 12.0 Å². The summed E-state index contributed by atoms with van der Waals surface area (Å²) in [5.41, 5.74) is 2.05. The molecule has 1 unspecified atom stereocenters. The van der Waals surface area contributed by atoms with Gasteiger partial charge in [-0.25, -0.2) is 4.39 Å². The van der Waals surface area contributed by atoms with Crippen LogP contribution in [0.4, 0.5) is 4.39 Å². The van der Waals surface area contributed by atoms with E-state index in [-0.39, 0.29) is 11.7 Å². The molecule has 2 aromatic carbocycles. The van der Waals surface area contributed by atoms with Crippen LogP contribution in [0.25, 0.3) is 0 Å². The molecular weight excluding hydrogens is 237 g/mol. The van der Waals surface area contributed by atoms with Crippen LogP contribution in [0.15, 0.2) is 54.6 Å². The maximum atomic E-state index is 13.1. The van der Waals surface area contributed by atoms with Crippen LogP contribution >= 0.6 is 0 Å². The van der Waals surface area contributed by atoms with E-state index in [1.807, 2.05) is 24.3 Å². The van der Waals surface area contributed by atoms with Gasteiger partial charge in [0.2, 0.25) is 0 Å². The highest BCUT2D eigenvalue weighted by Crippen LogP contribution is 2.22. The van der Waals surface area contributed by atoms with Crippen molar-refractivity contribution in [2.24, 2.45) is 0 Å². The molecule has 2 rings (SSSR count). The Balaban J connectivity index is 1.92. The van der Waals surface area contributed by atoms with E-state index in [0.717, 1.165) is 24.8 Å². The van der Waals surface area contributed by atoms with E-state index in [9.17, 15) is 9.65 Å². The molecule has 0 aromatic heterocycles. The highest BCUT2D eigenvalue weighted by molar-refractivity contribution is 5.25. The molecule has 0 radical (unpaired) electrons. The van der Waals surface area contributed by atoms with Crippen LogP contribution in [0.2, 0.25) is 0 Å². The fourth-order valence-corrected chi connectivity index (χ4v) is 2.18. The molecule has 0 amide bonds. The molecular formula is C17H16FN. The summed E-state index contributed by atoms with van der Waals surface area (Å²) in [6.07, 6.45) is 2.64. The number of hydrogen-bond donors (Lipinski definition) is 0. The number of aryl methyl sites for hydroxylation is 1. The van der Waals surface area contributed by atoms with Crippen LogP contribution in [0.5, 0.6) is 0 Å². The van der Waals surface area contributed by atoms with Crippen LogP contribution in [0.3, 0.4) is 0 Å². The summed E-state index contributed by atoms with van der Waals surface area (Å²) in [5.74, 6) is -0.500. The lowest BCUT2D eigenvalue weighted by molar-refractivity contribution is 0.619. The van der Waals surface area contributed by atoms with Crippen LogP contribution in [0, 0.1) is 17.1 Å². The zero-order chi connectivity index (χ0) is 13.5. The van der Waals surface area contributed by atoms with Crippen molar-refractivity contribution in [3.8, 4) is 6.07 Å². The van der Waals surface area contributed by atoms with Crippen LogP contribution in [-0.4, -0.2) is 0 Å². The molecule has 0 heterocycles. The lowest BCUT2D eigenvalue weighted by Gasteiger charge is -2.09. The summed E-state index contributed by atoms with van der Waals surface area (Å²) in [5, 5.41) is 9.20. The minimum absolute atomic E-state index is 0.223. The van der Waals surface area contributed by atoms with Gasteiger partial charge in [-0.15, -0.1) is 0 Å². The molecule has 0 spiro atoms. The van der Waals surface area contributed by atoms with Crippen molar-refractivity contribution >= 4 is 0 Å². The Morgan fingerprint density at radius 3 is 2.53 bits per heavy atom. The van der Waals surface area contributed by atoms with Gasteiger partial charge in [-0.3, -0.25) is 0 Å². The Labute approximate surface area is 113 Å². The van der Waals surface area contributed by atoms with E-state index >= 15 is 0 Å². The van der Waals surface area contributed by atoms with E-state index in [1.54, 1.807) is 6.07 Å². The smallest absolute Gasteiger partial charge is 0.123 e. The molecule has 0 bridgehead atoms. The molecule has 0 N–H and O–H groups in total. The van der Waals surface area contributed by atoms with Crippen molar-refractivity contribution in [3.05, 3.63) is 71.5 Å². The Hall–Kier alpha value is -2.14. The Morgan fingerprint density at radius 1 is 1.05 bits per heavy atom. The first-order chi connectivity index (χ1) is 9.29. The summed E-state index contributed by atoms with van der Waals surface area (Å²) >= 11 is 0. The third-order valence-corrected chi connectivity index (χ3v) is 3.21. The van der Waals surface area contributed by atoms with Crippen molar-refractivity contribution < 1.29 is 4.39 Å². The van der Waals surface area contributed by atoms with Crippen molar-refractivity contribution in [3.63, 3.8) is 0 Å². The van der Waals surface area contributed by atoms with E-state index < -0.39 is 0 Å². The molecule has 1 atom stereocenters. The van der Waals surface area contributed by atoms with Gasteiger partial charge in [0.15, 0.2) is 0 Å². The van der Waals surface area contributed by atoms with Crippen LogP contribution in [-0.2, 0) is 6.42 Å². The topological polar surface area (TPSA) is 23.8 Å². The van der Waals surface area contributed by atoms with E-state index in [2.05, 4.69) is 18.2 Å².